The van der Waals surface area contributed by atoms with Gasteiger partial charge in [-0.3, -0.25) is 4.79 Å². The molecule has 0 spiro atoms. The van der Waals surface area contributed by atoms with E-state index in [0.29, 0.717) is 18.3 Å². The van der Waals surface area contributed by atoms with Crippen molar-refractivity contribution in [1.29, 1.82) is 0 Å². The van der Waals surface area contributed by atoms with Crippen molar-refractivity contribution in [3.8, 4) is 0 Å². The normalized spacial score (nSPS) is 24.1. The van der Waals surface area contributed by atoms with Crippen LogP contribution in [0.1, 0.15) is 25.8 Å². The lowest BCUT2D eigenvalue weighted by molar-refractivity contribution is -0.133. The number of nitrogens with zero attached hydrogens (tertiary/aromatic N) is 1. The van der Waals surface area contributed by atoms with Crippen LogP contribution < -0.4 is 0 Å². The van der Waals surface area contributed by atoms with Gasteiger partial charge in [-0.15, -0.1) is 0 Å². The fourth-order valence-electron chi connectivity index (χ4n) is 2.76. The molecule has 0 radical (unpaired) electrons. The van der Waals surface area contributed by atoms with E-state index in [0.717, 1.165) is 18.7 Å². The van der Waals surface area contributed by atoms with Crippen LogP contribution in [0.3, 0.4) is 0 Å². The molecule has 0 bridgehead atoms. The van der Waals surface area contributed by atoms with Crippen LogP contribution in [0.15, 0.2) is 24.3 Å². The van der Waals surface area contributed by atoms with Gasteiger partial charge >= 0.3 is 0 Å². The van der Waals surface area contributed by atoms with Gasteiger partial charge in [-0.2, -0.15) is 0 Å². The summed E-state index contributed by atoms with van der Waals surface area (Å²) in [5.41, 5.74) is 0.882. The van der Waals surface area contributed by atoms with Gasteiger partial charge in [0.25, 0.3) is 0 Å². The highest BCUT2D eigenvalue weighted by atomic mass is 19.1. The smallest absolute Gasteiger partial charge is 0.227 e. The lowest BCUT2D eigenvalue weighted by atomic mass is 9.91. The van der Waals surface area contributed by atoms with Gasteiger partial charge in [0.1, 0.15) is 5.82 Å². The maximum atomic E-state index is 12.8. The molecule has 3 heteroatoms. The first-order valence-corrected chi connectivity index (χ1v) is 6.57. The molecule has 1 aromatic rings. The van der Waals surface area contributed by atoms with Crippen LogP contribution in [0.2, 0.25) is 0 Å². The van der Waals surface area contributed by atoms with E-state index < -0.39 is 0 Å². The highest BCUT2D eigenvalue weighted by Gasteiger charge is 2.25. The van der Waals surface area contributed by atoms with Gasteiger partial charge in [-0.1, -0.05) is 26.0 Å². The molecule has 1 saturated heterocycles. The van der Waals surface area contributed by atoms with Gasteiger partial charge in [-0.25, -0.2) is 4.39 Å². The van der Waals surface area contributed by atoms with E-state index in [1.807, 2.05) is 4.90 Å². The van der Waals surface area contributed by atoms with Gasteiger partial charge in [0.15, 0.2) is 0 Å². The highest BCUT2D eigenvalue weighted by molar-refractivity contribution is 5.78. The van der Waals surface area contributed by atoms with Crippen LogP contribution in [-0.4, -0.2) is 23.9 Å². The summed E-state index contributed by atoms with van der Waals surface area (Å²) < 4.78 is 12.8. The number of hydrogen-bond donors (Lipinski definition) is 0. The number of halogens is 1. The molecule has 98 valence electrons. The first-order chi connectivity index (χ1) is 8.54. The second-order valence-corrected chi connectivity index (χ2v) is 5.55. The first-order valence-electron chi connectivity index (χ1n) is 6.57. The van der Waals surface area contributed by atoms with Gasteiger partial charge in [0.05, 0.1) is 6.42 Å². The Morgan fingerprint density at radius 1 is 1.22 bits per heavy atom. The van der Waals surface area contributed by atoms with Crippen molar-refractivity contribution in [2.24, 2.45) is 11.8 Å². The van der Waals surface area contributed by atoms with Crippen molar-refractivity contribution in [3.63, 3.8) is 0 Å². The van der Waals surface area contributed by atoms with E-state index in [-0.39, 0.29) is 11.7 Å². The number of carbonyl (C=O) groups is 1. The number of benzene rings is 1. The molecule has 0 aromatic heterocycles. The number of likely N-dealkylation sites (tertiary alicyclic amines) is 1. The average molecular weight is 249 g/mol. The summed E-state index contributed by atoms with van der Waals surface area (Å²) in [6.07, 6.45) is 1.57. The number of carbonyl (C=O) groups excluding carboxylic acids is 1. The Morgan fingerprint density at radius 3 is 2.33 bits per heavy atom. The summed E-state index contributed by atoms with van der Waals surface area (Å²) >= 11 is 0. The third kappa shape index (κ3) is 3.31. The maximum Gasteiger partial charge on any atom is 0.227 e. The minimum atomic E-state index is -0.258. The molecule has 1 fully saturated rings. The molecule has 0 unspecified atom stereocenters. The van der Waals surface area contributed by atoms with E-state index in [1.165, 1.54) is 18.6 Å². The van der Waals surface area contributed by atoms with Crippen LogP contribution in [0, 0.1) is 17.7 Å². The molecule has 1 heterocycles. The average Bonchev–Trinajstić information content (AvgIpc) is 2.31. The highest BCUT2D eigenvalue weighted by Crippen LogP contribution is 2.21. The third-order valence-electron chi connectivity index (χ3n) is 3.49. The molecule has 0 aliphatic carbocycles. The maximum absolute atomic E-state index is 12.8. The van der Waals surface area contributed by atoms with Gasteiger partial charge in [0.2, 0.25) is 5.91 Å². The van der Waals surface area contributed by atoms with Crippen LogP contribution in [-0.2, 0) is 11.2 Å². The Balaban J connectivity index is 1.97. The molecule has 1 aliphatic heterocycles. The third-order valence-corrected chi connectivity index (χ3v) is 3.49. The van der Waals surface area contributed by atoms with E-state index in [2.05, 4.69) is 13.8 Å². The van der Waals surface area contributed by atoms with E-state index >= 15 is 0 Å². The minimum absolute atomic E-state index is 0.153. The van der Waals surface area contributed by atoms with Gasteiger partial charge in [-0.05, 0) is 36.0 Å². The van der Waals surface area contributed by atoms with Crippen molar-refractivity contribution in [2.75, 3.05) is 13.1 Å². The van der Waals surface area contributed by atoms with E-state index in [1.54, 1.807) is 12.1 Å². The quantitative estimate of drug-likeness (QED) is 0.789. The zero-order chi connectivity index (χ0) is 13.1. The zero-order valence-corrected chi connectivity index (χ0v) is 11.0. The second kappa shape index (κ2) is 5.51. The number of amides is 1. The molecular formula is C15H20FNO. The first kappa shape index (κ1) is 13.1. The molecule has 1 aromatic carbocycles. The van der Waals surface area contributed by atoms with E-state index in [9.17, 15) is 9.18 Å². The monoisotopic (exact) mass is 249 g/mol. The van der Waals surface area contributed by atoms with Crippen molar-refractivity contribution >= 4 is 5.91 Å². The molecule has 0 N–H and O–H groups in total. The SMILES string of the molecule is C[C@H]1C[C@H](C)CN(C(=O)Cc2ccc(F)cc2)C1. The molecule has 2 nitrogen and oxygen atoms in total. The lowest BCUT2D eigenvalue weighted by Gasteiger charge is -2.35. The predicted molar refractivity (Wildman–Crippen MR) is 69.6 cm³/mol. The molecule has 2 atom stereocenters. The number of rotatable bonds is 2. The number of piperidine rings is 1. The zero-order valence-electron chi connectivity index (χ0n) is 11.0. The summed E-state index contributed by atoms with van der Waals surface area (Å²) in [7, 11) is 0. The van der Waals surface area contributed by atoms with Crippen molar-refractivity contribution < 1.29 is 9.18 Å². The Morgan fingerprint density at radius 2 is 1.78 bits per heavy atom. The summed E-state index contributed by atoms with van der Waals surface area (Å²) in [6, 6.07) is 6.18. The second-order valence-electron chi connectivity index (χ2n) is 5.55. The summed E-state index contributed by atoms with van der Waals surface area (Å²) in [4.78, 5) is 14.1. The summed E-state index contributed by atoms with van der Waals surface area (Å²) in [6.45, 7) is 6.08. The number of hydrogen-bond acceptors (Lipinski definition) is 1. The van der Waals surface area contributed by atoms with Crippen molar-refractivity contribution in [3.05, 3.63) is 35.6 Å². The lowest BCUT2D eigenvalue weighted by Crippen LogP contribution is -2.43. The summed E-state index contributed by atoms with van der Waals surface area (Å²) in [5, 5.41) is 0. The van der Waals surface area contributed by atoms with Crippen LogP contribution in [0.4, 0.5) is 4.39 Å². The van der Waals surface area contributed by atoms with Crippen molar-refractivity contribution in [1.82, 2.24) is 4.90 Å². The van der Waals surface area contributed by atoms with Gasteiger partial charge in [0, 0.05) is 13.1 Å². The Hall–Kier alpha value is -1.38. The fraction of sp³-hybridized carbons (Fsp3) is 0.533. The molecule has 1 aliphatic rings. The van der Waals surface area contributed by atoms with Crippen molar-refractivity contribution in [2.45, 2.75) is 26.7 Å². The predicted octanol–water partition coefficient (Wildman–Crippen LogP) is 2.87. The van der Waals surface area contributed by atoms with Crippen LogP contribution in [0.5, 0.6) is 0 Å². The Bertz CT molecular complexity index is 405. The fourth-order valence-corrected chi connectivity index (χ4v) is 2.76. The molecule has 18 heavy (non-hydrogen) atoms. The minimum Gasteiger partial charge on any atom is -0.342 e. The molecule has 0 saturated carbocycles. The van der Waals surface area contributed by atoms with Gasteiger partial charge < -0.3 is 4.90 Å². The summed E-state index contributed by atoms with van der Waals surface area (Å²) in [5.74, 6) is 1.04. The standard InChI is InChI=1S/C15H20FNO/c1-11-7-12(2)10-17(9-11)15(18)8-13-3-5-14(16)6-4-13/h3-6,11-12H,7-10H2,1-2H3/t11-,12-/m0/s1. The Labute approximate surface area is 108 Å². The van der Waals surface area contributed by atoms with Crippen LogP contribution >= 0.6 is 0 Å². The molecular weight excluding hydrogens is 229 g/mol. The van der Waals surface area contributed by atoms with Crippen LogP contribution in [0.25, 0.3) is 0 Å². The topological polar surface area (TPSA) is 20.3 Å². The Kier molecular flexibility index (Phi) is 4.00. The molecule has 2 rings (SSSR count). The largest absolute Gasteiger partial charge is 0.342 e. The molecule has 1 amide bonds. The van der Waals surface area contributed by atoms with E-state index in [4.69, 9.17) is 0 Å².